The average molecular weight is 353 g/mol. The van der Waals surface area contributed by atoms with Crippen LogP contribution in [0.4, 0.5) is 5.82 Å². The number of aromatic nitrogens is 2. The smallest absolute Gasteiger partial charge is 0.267 e. The fourth-order valence-corrected chi connectivity index (χ4v) is 3.48. The summed E-state index contributed by atoms with van der Waals surface area (Å²) in [4.78, 5) is 27.3. The van der Waals surface area contributed by atoms with Crippen molar-refractivity contribution in [3.05, 3.63) is 89.5 Å². The first kappa shape index (κ1) is 15.5. The van der Waals surface area contributed by atoms with Crippen molar-refractivity contribution in [2.24, 2.45) is 0 Å². The molecule has 0 atom stereocenters. The Morgan fingerprint density at radius 1 is 0.741 bits per heavy atom. The van der Waals surface area contributed by atoms with Gasteiger partial charge < -0.3 is 0 Å². The molecule has 4 aromatic rings. The number of imide groups is 1. The topological polar surface area (TPSA) is 55.2 Å². The first-order valence-electron chi connectivity index (χ1n) is 8.68. The van der Waals surface area contributed by atoms with Gasteiger partial charge in [0.15, 0.2) is 5.82 Å². The number of carbonyl (C=O) groups is 2. The highest BCUT2D eigenvalue weighted by Crippen LogP contribution is 2.35. The molecule has 3 aromatic carbocycles. The van der Waals surface area contributed by atoms with E-state index >= 15 is 0 Å². The summed E-state index contributed by atoms with van der Waals surface area (Å²) in [5, 5.41) is 5.42. The van der Waals surface area contributed by atoms with Crippen LogP contribution < -0.4 is 4.90 Å². The van der Waals surface area contributed by atoms with E-state index < -0.39 is 0 Å². The normalized spacial score (nSPS) is 13.4. The molecule has 0 aliphatic carbocycles. The highest BCUT2D eigenvalue weighted by atomic mass is 16.2. The third-order valence-electron chi connectivity index (χ3n) is 4.84. The Labute approximate surface area is 155 Å². The van der Waals surface area contributed by atoms with Crippen molar-refractivity contribution >= 4 is 28.5 Å². The lowest BCUT2D eigenvalue weighted by Crippen LogP contribution is -2.31. The Bertz CT molecular complexity index is 1190. The van der Waals surface area contributed by atoms with Crippen molar-refractivity contribution in [3.8, 4) is 5.69 Å². The summed E-state index contributed by atoms with van der Waals surface area (Å²) in [5.74, 6) is -0.176. The maximum Gasteiger partial charge on any atom is 0.267 e. The average Bonchev–Trinajstić information content (AvgIpc) is 3.18. The van der Waals surface area contributed by atoms with Gasteiger partial charge >= 0.3 is 0 Å². The fraction of sp³-hybridized carbons (Fsp3) is 0.0455. The first-order valence-corrected chi connectivity index (χ1v) is 8.68. The molecule has 2 amide bonds. The maximum atomic E-state index is 13.1. The number of amides is 2. The van der Waals surface area contributed by atoms with Gasteiger partial charge in [0.05, 0.1) is 22.3 Å². The van der Waals surface area contributed by atoms with E-state index in [1.807, 2.05) is 55.5 Å². The summed E-state index contributed by atoms with van der Waals surface area (Å²) in [6.45, 7) is 2.01. The van der Waals surface area contributed by atoms with Gasteiger partial charge in [-0.2, -0.15) is 5.10 Å². The van der Waals surface area contributed by atoms with Gasteiger partial charge in [-0.3, -0.25) is 9.59 Å². The Kier molecular flexibility index (Phi) is 3.24. The minimum absolute atomic E-state index is 0.324. The van der Waals surface area contributed by atoms with E-state index in [-0.39, 0.29) is 11.8 Å². The second kappa shape index (κ2) is 5.64. The van der Waals surface area contributed by atoms with Crippen molar-refractivity contribution in [2.75, 3.05) is 4.90 Å². The molecular formula is C22H15N3O2. The lowest BCUT2D eigenvalue weighted by molar-refractivity contribution is 0.0924. The fourth-order valence-electron chi connectivity index (χ4n) is 3.48. The quantitative estimate of drug-likeness (QED) is 0.509. The molecule has 0 saturated heterocycles. The molecule has 2 heterocycles. The van der Waals surface area contributed by atoms with Gasteiger partial charge in [-0.05, 0) is 43.3 Å². The molecule has 1 aliphatic rings. The number of aryl methyl sites for hydroxylation is 1. The number of fused-ring (bicyclic) bond motifs is 2. The van der Waals surface area contributed by atoms with Crippen LogP contribution in [0.25, 0.3) is 16.6 Å². The van der Waals surface area contributed by atoms with E-state index in [0.717, 1.165) is 22.2 Å². The lowest BCUT2D eigenvalue weighted by atomic mass is 10.1. The maximum absolute atomic E-state index is 13.1. The van der Waals surface area contributed by atoms with Crippen molar-refractivity contribution in [2.45, 2.75) is 6.92 Å². The van der Waals surface area contributed by atoms with Crippen LogP contribution in [0.3, 0.4) is 0 Å². The van der Waals surface area contributed by atoms with Gasteiger partial charge in [0, 0.05) is 5.39 Å². The number of benzene rings is 3. The standard InChI is InChI=1S/C22H15N3O2/c1-14-10-12-15(13-11-14)25-20(18-8-4-5-9-19(18)23-25)24-21(26)16-6-2-3-7-17(16)22(24)27/h2-13H,1H3. The zero-order chi connectivity index (χ0) is 18.5. The summed E-state index contributed by atoms with van der Waals surface area (Å²) in [6, 6.07) is 22.3. The molecule has 0 fully saturated rings. The van der Waals surface area contributed by atoms with Crippen LogP contribution in [0.1, 0.15) is 26.3 Å². The summed E-state index contributed by atoms with van der Waals surface area (Å²) in [6.07, 6.45) is 0. The predicted molar refractivity (Wildman–Crippen MR) is 103 cm³/mol. The number of anilines is 1. The molecule has 0 N–H and O–H groups in total. The van der Waals surface area contributed by atoms with Crippen molar-refractivity contribution < 1.29 is 9.59 Å². The monoisotopic (exact) mass is 353 g/mol. The summed E-state index contributed by atoms with van der Waals surface area (Å²) in [7, 11) is 0. The van der Waals surface area contributed by atoms with Crippen LogP contribution in [0, 0.1) is 6.92 Å². The van der Waals surface area contributed by atoms with E-state index in [9.17, 15) is 9.59 Å². The van der Waals surface area contributed by atoms with Gasteiger partial charge in [0.2, 0.25) is 0 Å². The molecule has 5 heteroatoms. The number of rotatable bonds is 2. The van der Waals surface area contributed by atoms with Crippen LogP contribution in [-0.2, 0) is 0 Å². The molecule has 1 aliphatic heterocycles. The zero-order valence-electron chi connectivity index (χ0n) is 14.6. The zero-order valence-corrected chi connectivity index (χ0v) is 14.6. The van der Waals surface area contributed by atoms with Crippen LogP contribution in [-0.4, -0.2) is 21.6 Å². The summed E-state index contributed by atoms with van der Waals surface area (Å²) >= 11 is 0. The molecule has 0 saturated carbocycles. The van der Waals surface area contributed by atoms with Crippen LogP contribution in [0.5, 0.6) is 0 Å². The highest BCUT2D eigenvalue weighted by Gasteiger charge is 2.39. The van der Waals surface area contributed by atoms with E-state index in [1.54, 1.807) is 28.9 Å². The Morgan fingerprint density at radius 3 is 2.00 bits per heavy atom. The molecule has 5 rings (SSSR count). The predicted octanol–water partition coefficient (Wildman–Crippen LogP) is 4.13. The van der Waals surface area contributed by atoms with Crippen LogP contribution in [0.15, 0.2) is 72.8 Å². The molecule has 0 bridgehead atoms. The second-order valence-electron chi connectivity index (χ2n) is 6.58. The van der Waals surface area contributed by atoms with Gasteiger partial charge in [-0.15, -0.1) is 0 Å². The molecule has 27 heavy (non-hydrogen) atoms. The Balaban J connectivity index is 1.78. The van der Waals surface area contributed by atoms with Crippen LogP contribution in [0.2, 0.25) is 0 Å². The Hall–Kier alpha value is -3.73. The van der Waals surface area contributed by atoms with Crippen molar-refractivity contribution in [3.63, 3.8) is 0 Å². The van der Waals surface area contributed by atoms with Crippen LogP contribution >= 0.6 is 0 Å². The molecule has 0 spiro atoms. The SMILES string of the molecule is Cc1ccc(-n2nc3ccccc3c2N2C(=O)c3ccccc3C2=O)cc1. The third kappa shape index (κ3) is 2.22. The first-order chi connectivity index (χ1) is 13.1. The van der Waals surface area contributed by atoms with E-state index in [0.29, 0.717) is 16.9 Å². The lowest BCUT2D eigenvalue weighted by Gasteiger charge is -2.16. The molecule has 5 nitrogen and oxygen atoms in total. The number of carbonyl (C=O) groups excluding carboxylic acids is 2. The van der Waals surface area contributed by atoms with E-state index in [2.05, 4.69) is 5.10 Å². The summed E-state index contributed by atoms with van der Waals surface area (Å²) in [5.41, 5.74) is 3.48. The number of hydrogen-bond donors (Lipinski definition) is 0. The third-order valence-corrected chi connectivity index (χ3v) is 4.84. The highest BCUT2D eigenvalue weighted by molar-refractivity contribution is 6.35. The van der Waals surface area contributed by atoms with Crippen molar-refractivity contribution in [1.82, 2.24) is 9.78 Å². The molecule has 0 unspecified atom stereocenters. The van der Waals surface area contributed by atoms with Gasteiger partial charge in [-0.25, -0.2) is 9.58 Å². The molecule has 130 valence electrons. The number of nitrogens with zero attached hydrogens (tertiary/aromatic N) is 3. The molecule has 0 radical (unpaired) electrons. The molecule has 1 aromatic heterocycles. The van der Waals surface area contributed by atoms with Gasteiger partial charge in [0.1, 0.15) is 0 Å². The largest absolute Gasteiger partial charge is 0.268 e. The van der Waals surface area contributed by atoms with Crippen molar-refractivity contribution in [1.29, 1.82) is 0 Å². The minimum Gasteiger partial charge on any atom is -0.268 e. The Morgan fingerprint density at radius 2 is 1.33 bits per heavy atom. The van der Waals surface area contributed by atoms with E-state index in [1.165, 1.54) is 4.90 Å². The number of hydrogen-bond acceptors (Lipinski definition) is 3. The van der Waals surface area contributed by atoms with Gasteiger partial charge in [0.25, 0.3) is 11.8 Å². The minimum atomic E-state index is -0.324. The van der Waals surface area contributed by atoms with E-state index in [4.69, 9.17) is 0 Å². The second-order valence-corrected chi connectivity index (χ2v) is 6.58. The van der Waals surface area contributed by atoms with Gasteiger partial charge in [-0.1, -0.05) is 42.0 Å². The molecular weight excluding hydrogens is 338 g/mol. The summed E-state index contributed by atoms with van der Waals surface area (Å²) < 4.78 is 1.67.